The van der Waals surface area contributed by atoms with Gasteiger partial charge in [0.05, 0.1) is 6.10 Å². The summed E-state index contributed by atoms with van der Waals surface area (Å²) in [6, 6.07) is 3.75. The molecule has 0 N–H and O–H groups in total. The molecule has 0 radical (unpaired) electrons. The molecule has 1 aliphatic carbocycles. The lowest BCUT2D eigenvalue weighted by molar-refractivity contribution is 0.154. The monoisotopic (exact) mass is 257 g/mol. The van der Waals surface area contributed by atoms with E-state index in [1.807, 2.05) is 0 Å². The Kier molecular flexibility index (Phi) is 3.88. The third kappa shape index (κ3) is 3.21. The SMILES string of the molecule is Cc1cc([B-](F)(F)F)ccc1OC1CCCCC1. The van der Waals surface area contributed by atoms with Gasteiger partial charge in [-0.15, -0.1) is 5.46 Å². The van der Waals surface area contributed by atoms with Crippen LogP contribution >= 0.6 is 0 Å². The number of ether oxygens (including phenoxy) is 1. The fraction of sp³-hybridized carbons (Fsp3) is 0.538. The van der Waals surface area contributed by atoms with E-state index in [2.05, 4.69) is 0 Å². The number of benzene rings is 1. The van der Waals surface area contributed by atoms with Gasteiger partial charge in [0.25, 0.3) is 0 Å². The Hall–Kier alpha value is -1.13. The van der Waals surface area contributed by atoms with Crippen molar-refractivity contribution in [2.75, 3.05) is 0 Å². The zero-order chi connectivity index (χ0) is 13.2. The van der Waals surface area contributed by atoms with Crippen LogP contribution in [0.25, 0.3) is 0 Å². The standard InChI is InChI=1S/C13H17BF3O/c1-10-9-11(14(15,16)17)7-8-13(10)18-12-5-3-2-4-6-12/h7-9,12H,2-6H2,1H3/q-1. The number of hydrogen-bond acceptors (Lipinski definition) is 1. The molecule has 0 atom stereocenters. The first kappa shape index (κ1) is 13.3. The van der Waals surface area contributed by atoms with Gasteiger partial charge in [0.2, 0.25) is 0 Å². The van der Waals surface area contributed by atoms with Gasteiger partial charge >= 0.3 is 6.98 Å². The molecule has 5 heteroatoms. The predicted octanol–water partition coefficient (Wildman–Crippen LogP) is 3.76. The van der Waals surface area contributed by atoms with Gasteiger partial charge in [-0.2, -0.15) is 0 Å². The van der Waals surface area contributed by atoms with Crippen LogP contribution in [0.2, 0.25) is 0 Å². The van der Waals surface area contributed by atoms with Crippen LogP contribution in [0.1, 0.15) is 37.7 Å². The highest BCUT2D eigenvalue weighted by molar-refractivity contribution is 6.73. The Morgan fingerprint density at radius 2 is 1.78 bits per heavy atom. The van der Waals surface area contributed by atoms with Gasteiger partial charge in [0, 0.05) is 0 Å². The molecule has 1 aromatic carbocycles. The Balaban J connectivity index is 2.09. The maximum absolute atomic E-state index is 12.6. The molecule has 0 bridgehead atoms. The van der Waals surface area contributed by atoms with E-state index < -0.39 is 12.4 Å². The molecule has 1 aliphatic rings. The van der Waals surface area contributed by atoms with Crippen LogP contribution in [-0.2, 0) is 0 Å². The number of halogens is 3. The largest absolute Gasteiger partial charge is 0.509 e. The van der Waals surface area contributed by atoms with E-state index in [-0.39, 0.29) is 6.10 Å². The Morgan fingerprint density at radius 3 is 2.33 bits per heavy atom. The summed E-state index contributed by atoms with van der Waals surface area (Å²) in [5.74, 6) is 0.589. The number of rotatable bonds is 3. The van der Waals surface area contributed by atoms with Crippen molar-refractivity contribution in [3.05, 3.63) is 23.8 Å². The van der Waals surface area contributed by atoms with Crippen LogP contribution < -0.4 is 10.2 Å². The van der Waals surface area contributed by atoms with E-state index in [1.165, 1.54) is 18.6 Å². The van der Waals surface area contributed by atoms with Gasteiger partial charge in [-0.25, -0.2) is 0 Å². The zero-order valence-electron chi connectivity index (χ0n) is 10.5. The topological polar surface area (TPSA) is 9.23 Å². The van der Waals surface area contributed by atoms with Crippen molar-refractivity contribution >= 4 is 12.4 Å². The molecule has 1 saturated carbocycles. The lowest BCUT2D eigenvalue weighted by atomic mass is 9.79. The maximum atomic E-state index is 12.6. The molecule has 0 spiro atoms. The summed E-state index contributed by atoms with van der Waals surface area (Å²) in [7, 11) is 0. The minimum atomic E-state index is -4.92. The van der Waals surface area contributed by atoms with Gasteiger partial charge in [0.1, 0.15) is 5.75 Å². The van der Waals surface area contributed by atoms with E-state index in [0.29, 0.717) is 11.3 Å². The fourth-order valence-electron chi connectivity index (χ4n) is 2.37. The molecule has 1 aromatic rings. The van der Waals surface area contributed by atoms with Crippen molar-refractivity contribution in [1.82, 2.24) is 0 Å². The highest BCUT2D eigenvalue weighted by atomic mass is 19.4. The molecule has 0 saturated heterocycles. The fourth-order valence-corrected chi connectivity index (χ4v) is 2.37. The molecule has 100 valence electrons. The second-order valence-corrected chi connectivity index (χ2v) is 4.98. The van der Waals surface area contributed by atoms with Crippen LogP contribution in [0.15, 0.2) is 18.2 Å². The number of aryl methyl sites for hydroxylation is 1. The van der Waals surface area contributed by atoms with Crippen LogP contribution in [0.5, 0.6) is 5.75 Å². The van der Waals surface area contributed by atoms with Crippen molar-refractivity contribution in [1.29, 1.82) is 0 Å². The highest BCUT2D eigenvalue weighted by Gasteiger charge is 2.26. The van der Waals surface area contributed by atoms with E-state index in [9.17, 15) is 12.9 Å². The van der Waals surface area contributed by atoms with Gasteiger partial charge in [-0.05, 0) is 44.2 Å². The van der Waals surface area contributed by atoms with Gasteiger partial charge in [-0.1, -0.05) is 18.6 Å². The van der Waals surface area contributed by atoms with Crippen molar-refractivity contribution in [3.8, 4) is 5.75 Å². The van der Waals surface area contributed by atoms with Crippen molar-refractivity contribution in [2.24, 2.45) is 0 Å². The van der Waals surface area contributed by atoms with E-state index in [1.54, 1.807) is 6.92 Å². The van der Waals surface area contributed by atoms with Crippen LogP contribution in [0.3, 0.4) is 0 Å². The molecule has 0 aromatic heterocycles. The third-order valence-corrected chi connectivity index (χ3v) is 3.42. The normalized spacial score (nSPS) is 17.8. The first-order chi connectivity index (χ1) is 8.47. The zero-order valence-corrected chi connectivity index (χ0v) is 10.5. The Morgan fingerprint density at radius 1 is 1.11 bits per heavy atom. The van der Waals surface area contributed by atoms with Crippen molar-refractivity contribution in [2.45, 2.75) is 45.1 Å². The summed E-state index contributed by atoms with van der Waals surface area (Å²) in [4.78, 5) is 0. The lowest BCUT2D eigenvalue weighted by Crippen LogP contribution is -2.34. The second kappa shape index (κ2) is 5.25. The molecule has 1 nitrogen and oxygen atoms in total. The first-order valence-corrected chi connectivity index (χ1v) is 6.44. The van der Waals surface area contributed by atoms with Crippen LogP contribution in [0, 0.1) is 6.92 Å². The minimum Gasteiger partial charge on any atom is -0.490 e. The molecule has 2 rings (SSSR count). The summed E-state index contributed by atoms with van der Waals surface area (Å²) >= 11 is 0. The van der Waals surface area contributed by atoms with Gasteiger partial charge in [-0.3, -0.25) is 0 Å². The Bertz CT molecular complexity index is 411. The van der Waals surface area contributed by atoms with Gasteiger partial charge < -0.3 is 17.7 Å². The lowest BCUT2D eigenvalue weighted by Gasteiger charge is -2.25. The van der Waals surface area contributed by atoms with E-state index >= 15 is 0 Å². The first-order valence-electron chi connectivity index (χ1n) is 6.44. The van der Waals surface area contributed by atoms with Crippen LogP contribution in [-0.4, -0.2) is 13.1 Å². The summed E-state index contributed by atoms with van der Waals surface area (Å²) in [5, 5.41) is 0. The Labute approximate surface area is 105 Å². The smallest absolute Gasteiger partial charge is 0.490 e. The van der Waals surface area contributed by atoms with Crippen LogP contribution in [0.4, 0.5) is 12.9 Å². The maximum Gasteiger partial charge on any atom is 0.509 e. The highest BCUT2D eigenvalue weighted by Crippen LogP contribution is 2.25. The number of hydrogen-bond donors (Lipinski definition) is 0. The van der Waals surface area contributed by atoms with Crippen molar-refractivity contribution < 1.29 is 17.7 Å². The summed E-state index contributed by atoms with van der Waals surface area (Å²) in [6.07, 6.45) is 5.70. The summed E-state index contributed by atoms with van der Waals surface area (Å²) < 4.78 is 43.5. The molecule has 0 unspecified atom stereocenters. The molecular weight excluding hydrogens is 240 g/mol. The summed E-state index contributed by atoms with van der Waals surface area (Å²) in [6.45, 7) is -3.25. The second-order valence-electron chi connectivity index (χ2n) is 4.98. The molecule has 0 aliphatic heterocycles. The average molecular weight is 257 g/mol. The average Bonchev–Trinajstić information content (AvgIpc) is 2.32. The summed E-state index contributed by atoms with van der Waals surface area (Å²) in [5.41, 5.74) is 0.0146. The van der Waals surface area contributed by atoms with Crippen molar-refractivity contribution in [3.63, 3.8) is 0 Å². The minimum absolute atomic E-state index is 0.166. The van der Waals surface area contributed by atoms with E-state index in [0.717, 1.165) is 31.7 Å². The molecule has 0 amide bonds. The van der Waals surface area contributed by atoms with E-state index in [4.69, 9.17) is 4.74 Å². The molecule has 0 heterocycles. The molecule has 18 heavy (non-hydrogen) atoms. The molecular formula is C13H17BF3O-. The van der Waals surface area contributed by atoms with Gasteiger partial charge in [0.15, 0.2) is 0 Å². The third-order valence-electron chi connectivity index (χ3n) is 3.42. The molecule has 1 fully saturated rings. The predicted molar refractivity (Wildman–Crippen MR) is 67.4 cm³/mol. The quantitative estimate of drug-likeness (QED) is 0.749.